The average molecular weight is 264 g/mol. The fourth-order valence-electron chi connectivity index (χ4n) is 8.89. The van der Waals surface area contributed by atoms with E-state index in [1.807, 2.05) is 0 Å². The summed E-state index contributed by atoms with van der Waals surface area (Å²) in [4.78, 5) is 0. The molecule has 0 nitrogen and oxygen atoms in total. The van der Waals surface area contributed by atoms with Gasteiger partial charge < -0.3 is 0 Å². The highest BCUT2D eigenvalue weighted by atomic mass is 14.8. The predicted octanol–water partition coefficient (Wildman–Crippen LogP) is -10.1. The van der Waals surface area contributed by atoms with Crippen LogP contribution in [0.2, 0.25) is 42.5 Å². The van der Waals surface area contributed by atoms with E-state index in [-0.39, 0.29) is 0 Å². The summed E-state index contributed by atoms with van der Waals surface area (Å²) in [5.74, 6) is 0. The number of hydrogen-bond acceptors (Lipinski definition) is 0. The second kappa shape index (κ2) is 3.91. The summed E-state index contributed by atoms with van der Waals surface area (Å²) in [5, 5.41) is 2.31. The van der Waals surface area contributed by atoms with Crippen LogP contribution in [0.15, 0.2) is 0 Å². The van der Waals surface area contributed by atoms with Gasteiger partial charge in [0.05, 0.1) is 78.5 Å². The molecule has 3 aliphatic rings. The number of hydrogen-bond donors (Lipinski definition) is 0. The maximum absolute atomic E-state index is 2.59. The average Bonchev–Trinajstić information content (AvgIpc) is 2.31. The van der Waals surface area contributed by atoms with Gasteiger partial charge in [-0.1, -0.05) is 42.5 Å². The van der Waals surface area contributed by atoms with Gasteiger partial charge in [-0.3, -0.25) is 0 Å². The Bertz CT molecular complexity index is 428. The lowest BCUT2D eigenvalue weighted by Gasteiger charge is -2.97. The van der Waals surface area contributed by atoms with Crippen LogP contribution in [0.4, 0.5) is 0 Å². The van der Waals surface area contributed by atoms with Crippen molar-refractivity contribution in [1.29, 1.82) is 0 Å². The summed E-state index contributed by atoms with van der Waals surface area (Å²) in [7, 11) is 33.1. The largest absolute Gasteiger partial charge is 0.106 e. The molecule has 13 heteroatoms. The smallest absolute Gasteiger partial charge is 0.0990 e. The van der Waals surface area contributed by atoms with Crippen LogP contribution in [0.25, 0.3) is 0 Å². The first-order valence-corrected chi connectivity index (χ1v) is 8.94. The van der Waals surface area contributed by atoms with Gasteiger partial charge in [0, 0.05) is 0 Å². The van der Waals surface area contributed by atoms with Crippen molar-refractivity contribution in [3.63, 3.8) is 0 Å². The summed E-state index contributed by atoms with van der Waals surface area (Å²) in [6, 6.07) is 0. The van der Waals surface area contributed by atoms with Crippen molar-refractivity contribution in [2.75, 3.05) is 0 Å². The lowest BCUT2D eigenvalue weighted by Crippen LogP contribution is -2.80. The van der Waals surface area contributed by atoms with Crippen molar-refractivity contribution >= 4 is 102 Å². The molecule has 0 radical (unpaired) electrons. The second-order valence-electron chi connectivity index (χ2n) is 11.1. The minimum absolute atomic E-state index is 0.294. The van der Waals surface area contributed by atoms with Gasteiger partial charge in [0.15, 0.2) is 0 Å². The van der Waals surface area contributed by atoms with Crippen molar-refractivity contribution in [3.8, 4) is 0 Å². The maximum atomic E-state index is 2.59. The summed E-state index contributed by atoms with van der Waals surface area (Å²) in [6.07, 6.45) is 0. The zero-order chi connectivity index (χ0) is 17.1. The van der Waals surface area contributed by atoms with E-state index in [1.54, 1.807) is 0 Å². The lowest BCUT2D eigenvalue weighted by molar-refractivity contribution is 0.0367. The van der Waals surface area contributed by atoms with E-state index in [0.717, 1.165) is 0 Å². The first kappa shape index (κ1) is 18.2. The van der Waals surface area contributed by atoms with Crippen LogP contribution < -0.4 is 0 Å². The summed E-state index contributed by atoms with van der Waals surface area (Å²) in [5.41, 5.74) is 0.688. The summed E-state index contributed by atoms with van der Waals surface area (Å²) < 4.78 is 0. The molecule has 0 amide bonds. The topological polar surface area (TPSA) is 0 Å². The normalized spacial score (nSPS) is 48.2. The van der Waals surface area contributed by atoms with E-state index in [0.29, 0.717) is 42.5 Å². The van der Waals surface area contributed by atoms with E-state index in [1.165, 1.54) is 0 Å². The SMILES string of the molecule is BC(B)C1(B)C(B)(B)C2(B)C(B)(B)C(B)(C1(B)B)C2(B)B. The van der Waals surface area contributed by atoms with E-state index in [4.69, 9.17) is 0 Å². The first-order valence-electron chi connectivity index (χ1n) is 8.94. The molecule has 3 fully saturated rings. The van der Waals surface area contributed by atoms with E-state index in [2.05, 4.69) is 102 Å². The van der Waals surface area contributed by atoms with Crippen LogP contribution in [0.1, 0.15) is 0 Å². The molecule has 0 aromatic heterocycles. The Labute approximate surface area is 144 Å². The highest BCUT2D eigenvalue weighted by molar-refractivity contribution is 6.73. The Morgan fingerprint density at radius 2 is 0.667 bits per heavy atom. The van der Waals surface area contributed by atoms with Crippen LogP contribution in [-0.4, -0.2) is 102 Å². The van der Waals surface area contributed by atoms with E-state index < -0.39 is 0 Å². The van der Waals surface area contributed by atoms with Crippen LogP contribution >= 0.6 is 0 Å². The predicted molar refractivity (Wildman–Crippen MR) is 134 cm³/mol. The van der Waals surface area contributed by atoms with Crippen LogP contribution in [0.3, 0.4) is 0 Å². The third kappa shape index (κ3) is 1.19. The van der Waals surface area contributed by atoms with Crippen molar-refractivity contribution < 1.29 is 0 Å². The fraction of sp³-hybridized carbons (Fsp3) is 1.00. The molecule has 3 aliphatic carbocycles. The zero-order valence-corrected chi connectivity index (χ0v) is 17.1. The third-order valence-corrected chi connectivity index (χ3v) is 11.3. The minimum atomic E-state index is 0.294. The zero-order valence-electron chi connectivity index (χ0n) is 17.1. The van der Waals surface area contributed by atoms with Crippen LogP contribution in [0, 0.1) is 0 Å². The molecular weight excluding hydrogens is 237 g/mol. The molecule has 2 bridgehead atoms. The molecular formula is C8H27B13. The Balaban J connectivity index is 2.93. The molecule has 0 aromatic rings. The van der Waals surface area contributed by atoms with Gasteiger partial charge in [0.2, 0.25) is 0 Å². The van der Waals surface area contributed by atoms with Gasteiger partial charge in [0.25, 0.3) is 0 Å². The van der Waals surface area contributed by atoms with Gasteiger partial charge in [-0.2, -0.15) is 0 Å². The van der Waals surface area contributed by atoms with Crippen molar-refractivity contribution in [3.05, 3.63) is 0 Å². The molecule has 3 rings (SSSR count). The molecule has 0 saturated heterocycles. The third-order valence-electron chi connectivity index (χ3n) is 11.3. The summed E-state index contributed by atoms with van der Waals surface area (Å²) >= 11 is 0. The standard InChI is InChI=1S/C8H27B13/c9-1(10)2(11)5(14,15)3(12)7(18,19)4(13,6(2,16)17)8(3,20)21/h1H,9-21H2. The fourth-order valence-corrected chi connectivity index (χ4v) is 8.89. The lowest BCUT2D eigenvalue weighted by atomic mass is 8.84. The monoisotopic (exact) mass is 266 g/mol. The molecule has 21 heavy (non-hydrogen) atoms. The van der Waals surface area contributed by atoms with Crippen molar-refractivity contribution in [2.45, 2.75) is 42.5 Å². The van der Waals surface area contributed by atoms with Gasteiger partial charge in [-0.15, -0.1) is 0 Å². The molecule has 3 saturated carbocycles. The Morgan fingerprint density at radius 1 is 0.429 bits per heavy atom. The van der Waals surface area contributed by atoms with E-state index >= 15 is 0 Å². The molecule has 0 spiro atoms. The summed E-state index contributed by atoms with van der Waals surface area (Å²) in [6.45, 7) is 0. The number of fused-ring (bicyclic) bond motifs is 2. The molecule has 98 valence electrons. The highest BCUT2D eigenvalue weighted by Gasteiger charge is 2.87. The van der Waals surface area contributed by atoms with Crippen LogP contribution in [0.5, 0.6) is 0 Å². The van der Waals surface area contributed by atoms with Gasteiger partial charge in [-0.25, -0.2) is 0 Å². The highest BCUT2D eigenvalue weighted by Crippen LogP contribution is 3.06. The van der Waals surface area contributed by atoms with Crippen LogP contribution in [-0.2, 0) is 0 Å². The second-order valence-corrected chi connectivity index (χ2v) is 11.1. The van der Waals surface area contributed by atoms with Gasteiger partial charge in [0.1, 0.15) is 23.5 Å². The first-order chi connectivity index (χ1) is 8.94. The molecule has 0 aliphatic heterocycles. The quantitative estimate of drug-likeness (QED) is 0.413. The van der Waals surface area contributed by atoms with Crippen molar-refractivity contribution in [2.24, 2.45) is 0 Å². The van der Waals surface area contributed by atoms with E-state index in [9.17, 15) is 0 Å². The molecule has 0 heterocycles. The number of rotatable bonds is 1. The molecule has 0 aromatic carbocycles. The maximum Gasteiger partial charge on any atom is 0.106 e. The molecule has 0 unspecified atom stereocenters. The minimum Gasteiger partial charge on any atom is -0.0990 e. The Kier molecular flexibility index (Phi) is 3.38. The molecule has 0 atom stereocenters. The Hall–Kier alpha value is 0.844. The Morgan fingerprint density at radius 3 is 0.857 bits per heavy atom. The molecule has 0 N–H and O–H groups in total. The van der Waals surface area contributed by atoms with Gasteiger partial charge in [-0.05, 0) is 0 Å². The van der Waals surface area contributed by atoms with Crippen molar-refractivity contribution in [1.82, 2.24) is 0 Å². The van der Waals surface area contributed by atoms with Gasteiger partial charge >= 0.3 is 0 Å².